The molecule has 5 heteroatoms. The lowest BCUT2D eigenvalue weighted by Crippen LogP contribution is -1.95. The topological polar surface area (TPSA) is 68.4 Å². The van der Waals surface area contributed by atoms with E-state index >= 15 is 0 Å². The third-order valence-electron chi connectivity index (χ3n) is 2.43. The van der Waals surface area contributed by atoms with Gasteiger partial charge in [-0.2, -0.15) is 4.98 Å². The molecular weight excluding hydrogens is 232 g/mol. The number of rotatable bonds is 5. The van der Waals surface area contributed by atoms with Crippen LogP contribution in [0.15, 0.2) is 22.7 Å². The Morgan fingerprint density at radius 1 is 1.39 bits per heavy atom. The zero-order chi connectivity index (χ0) is 13.0. The normalized spacial score (nSPS) is 10.8. The molecule has 1 aromatic carbocycles. The molecule has 1 N–H and O–H groups in total. The molecule has 0 aliphatic rings. The molecule has 0 atom stereocenters. The van der Waals surface area contributed by atoms with Gasteiger partial charge in [0.1, 0.15) is 12.4 Å². The van der Waals surface area contributed by atoms with E-state index in [1.165, 1.54) is 0 Å². The number of hydrogen-bond acceptors (Lipinski definition) is 5. The molecule has 1 aromatic heterocycles. The highest BCUT2D eigenvalue weighted by Gasteiger charge is 2.12. The molecule has 0 bridgehead atoms. The predicted molar refractivity (Wildman–Crippen MR) is 66.1 cm³/mol. The summed E-state index contributed by atoms with van der Waals surface area (Å²) in [5.74, 6) is 0.927. The molecule has 0 saturated heterocycles. The maximum absolute atomic E-state index is 9.75. The van der Waals surface area contributed by atoms with Crippen LogP contribution in [0.1, 0.15) is 24.7 Å². The molecule has 2 aromatic rings. The standard InChI is InChI=1S/C13H16N2O3/c1-3-6-17-8-12-14-13(18-15-12)10-7-9(2)4-5-11(10)16/h4-5,7,16H,3,6,8H2,1-2H3. The number of nitrogens with zero attached hydrogens (tertiary/aromatic N) is 2. The molecule has 1 heterocycles. The first kappa shape index (κ1) is 12.6. The van der Waals surface area contributed by atoms with Gasteiger partial charge in [-0.1, -0.05) is 23.7 Å². The van der Waals surface area contributed by atoms with E-state index in [1.54, 1.807) is 12.1 Å². The fourth-order valence-corrected chi connectivity index (χ4v) is 1.55. The number of phenolic OH excluding ortho intramolecular Hbond substituents is 1. The predicted octanol–water partition coefficient (Wildman–Crippen LogP) is 2.68. The fraction of sp³-hybridized carbons (Fsp3) is 0.385. The van der Waals surface area contributed by atoms with Gasteiger partial charge in [0.15, 0.2) is 5.82 Å². The number of hydrogen-bond donors (Lipinski definition) is 1. The van der Waals surface area contributed by atoms with Crippen molar-refractivity contribution in [3.8, 4) is 17.2 Å². The van der Waals surface area contributed by atoms with Gasteiger partial charge < -0.3 is 14.4 Å². The van der Waals surface area contributed by atoms with Crippen LogP contribution in [-0.4, -0.2) is 21.9 Å². The molecule has 96 valence electrons. The fourth-order valence-electron chi connectivity index (χ4n) is 1.55. The minimum Gasteiger partial charge on any atom is -0.507 e. The molecule has 18 heavy (non-hydrogen) atoms. The van der Waals surface area contributed by atoms with E-state index in [4.69, 9.17) is 9.26 Å². The summed E-state index contributed by atoms with van der Waals surface area (Å²) in [5, 5.41) is 13.6. The van der Waals surface area contributed by atoms with Crippen LogP contribution in [0.2, 0.25) is 0 Å². The summed E-state index contributed by atoms with van der Waals surface area (Å²) >= 11 is 0. The monoisotopic (exact) mass is 248 g/mol. The summed E-state index contributed by atoms with van der Waals surface area (Å²) < 4.78 is 10.4. The van der Waals surface area contributed by atoms with Gasteiger partial charge >= 0.3 is 0 Å². The smallest absolute Gasteiger partial charge is 0.261 e. The molecule has 0 amide bonds. The molecule has 5 nitrogen and oxygen atoms in total. The van der Waals surface area contributed by atoms with E-state index in [1.807, 2.05) is 19.9 Å². The van der Waals surface area contributed by atoms with Crippen molar-refractivity contribution in [2.24, 2.45) is 0 Å². The molecular formula is C13H16N2O3. The second-order valence-corrected chi connectivity index (χ2v) is 4.09. The lowest BCUT2D eigenvalue weighted by Gasteiger charge is -2.00. The zero-order valence-electron chi connectivity index (χ0n) is 10.5. The Kier molecular flexibility index (Phi) is 3.94. The Morgan fingerprint density at radius 2 is 2.22 bits per heavy atom. The Hall–Kier alpha value is -1.88. The Bertz CT molecular complexity index is 523. The van der Waals surface area contributed by atoms with Crippen molar-refractivity contribution < 1.29 is 14.4 Å². The molecule has 0 spiro atoms. The van der Waals surface area contributed by atoms with Crippen LogP contribution in [0, 0.1) is 6.92 Å². The Morgan fingerprint density at radius 3 is 3.00 bits per heavy atom. The second kappa shape index (κ2) is 5.64. The van der Waals surface area contributed by atoms with Gasteiger partial charge in [0.25, 0.3) is 5.89 Å². The van der Waals surface area contributed by atoms with Gasteiger partial charge in [-0.05, 0) is 25.5 Å². The summed E-state index contributed by atoms with van der Waals surface area (Å²) in [6.07, 6.45) is 0.948. The van der Waals surface area contributed by atoms with E-state index in [2.05, 4.69) is 10.1 Å². The van der Waals surface area contributed by atoms with Crippen LogP contribution < -0.4 is 0 Å². The highest BCUT2D eigenvalue weighted by Crippen LogP contribution is 2.28. The first-order valence-corrected chi connectivity index (χ1v) is 5.91. The first-order valence-electron chi connectivity index (χ1n) is 5.91. The van der Waals surface area contributed by atoms with Crippen molar-refractivity contribution in [2.45, 2.75) is 26.9 Å². The van der Waals surface area contributed by atoms with E-state index in [9.17, 15) is 5.11 Å². The van der Waals surface area contributed by atoms with E-state index in [-0.39, 0.29) is 5.75 Å². The summed E-state index contributed by atoms with van der Waals surface area (Å²) in [5.41, 5.74) is 1.56. The van der Waals surface area contributed by atoms with Gasteiger partial charge in [0.2, 0.25) is 0 Å². The minimum absolute atomic E-state index is 0.130. The van der Waals surface area contributed by atoms with E-state index in [0.29, 0.717) is 30.5 Å². The van der Waals surface area contributed by atoms with Crippen molar-refractivity contribution >= 4 is 0 Å². The summed E-state index contributed by atoms with van der Waals surface area (Å²) in [6.45, 7) is 4.96. The largest absolute Gasteiger partial charge is 0.507 e. The number of phenols is 1. The number of aryl methyl sites for hydroxylation is 1. The van der Waals surface area contributed by atoms with E-state index < -0.39 is 0 Å². The van der Waals surface area contributed by atoms with Gasteiger partial charge in [0.05, 0.1) is 5.56 Å². The lowest BCUT2D eigenvalue weighted by atomic mass is 10.1. The number of aromatic nitrogens is 2. The molecule has 0 saturated carbocycles. The molecule has 0 aliphatic heterocycles. The average Bonchev–Trinajstić information content (AvgIpc) is 2.81. The zero-order valence-corrected chi connectivity index (χ0v) is 10.5. The lowest BCUT2D eigenvalue weighted by molar-refractivity contribution is 0.114. The second-order valence-electron chi connectivity index (χ2n) is 4.09. The average molecular weight is 248 g/mol. The van der Waals surface area contributed by atoms with Crippen molar-refractivity contribution in [2.75, 3.05) is 6.61 Å². The summed E-state index contributed by atoms with van der Waals surface area (Å²) in [7, 11) is 0. The van der Waals surface area contributed by atoms with Crippen LogP contribution in [0.3, 0.4) is 0 Å². The molecule has 2 rings (SSSR count). The van der Waals surface area contributed by atoms with Gasteiger partial charge in [-0.3, -0.25) is 0 Å². The Labute approximate surface area is 105 Å². The number of benzene rings is 1. The van der Waals surface area contributed by atoms with Crippen LogP contribution in [-0.2, 0) is 11.3 Å². The maximum atomic E-state index is 9.75. The Balaban J connectivity index is 2.16. The van der Waals surface area contributed by atoms with Crippen molar-refractivity contribution in [1.29, 1.82) is 0 Å². The highest BCUT2D eigenvalue weighted by atomic mass is 16.5. The summed E-state index contributed by atoms with van der Waals surface area (Å²) in [4.78, 5) is 4.19. The quantitative estimate of drug-likeness (QED) is 0.824. The van der Waals surface area contributed by atoms with E-state index in [0.717, 1.165) is 12.0 Å². The van der Waals surface area contributed by atoms with Crippen molar-refractivity contribution in [3.05, 3.63) is 29.6 Å². The van der Waals surface area contributed by atoms with Crippen LogP contribution in [0.4, 0.5) is 0 Å². The number of aromatic hydroxyl groups is 1. The molecule has 0 radical (unpaired) electrons. The van der Waals surface area contributed by atoms with Crippen LogP contribution in [0.25, 0.3) is 11.5 Å². The molecule has 0 aliphatic carbocycles. The SMILES string of the molecule is CCCOCc1noc(-c2cc(C)ccc2O)n1. The first-order chi connectivity index (χ1) is 8.70. The molecule has 0 unspecified atom stereocenters. The van der Waals surface area contributed by atoms with Crippen molar-refractivity contribution in [1.82, 2.24) is 10.1 Å². The van der Waals surface area contributed by atoms with Gasteiger partial charge in [-0.25, -0.2) is 0 Å². The minimum atomic E-state index is 0.130. The van der Waals surface area contributed by atoms with Crippen LogP contribution in [0.5, 0.6) is 5.75 Å². The van der Waals surface area contributed by atoms with Crippen molar-refractivity contribution in [3.63, 3.8) is 0 Å². The van der Waals surface area contributed by atoms with Gasteiger partial charge in [-0.15, -0.1) is 0 Å². The van der Waals surface area contributed by atoms with Gasteiger partial charge in [0, 0.05) is 6.61 Å². The third-order valence-corrected chi connectivity index (χ3v) is 2.43. The maximum Gasteiger partial charge on any atom is 0.261 e. The summed E-state index contributed by atoms with van der Waals surface area (Å²) in [6, 6.07) is 5.24. The number of ether oxygens (including phenoxy) is 1. The molecule has 0 fully saturated rings. The highest BCUT2D eigenvalue weighted by molar-refractivity contribution is 5.62. The van der Waals surface area contributed by atoms with Crippen LogP contribution >= 0.6 is 0 Å². The third kappa shape index (κ3) is 2.87.